The largest absolute Gasteiger partial charge is 0.362 e. The minimum absolute atomic E-state index is 0.237. The number of hydrogen-bond acceptors (Lipinski definition) is 3. The van der Waals surface area contributed by atoms with Gasteiger partial charge < -0.3 is 10.6 Å². The predicted molar refractivity (Wildman–Crippen MR) is 113 cm³/mol. The molecule has 0 radical (unpaired) electrons. The van der Waals surface area contributed by atoms with Crippen LogP contribution in [0.25, 0.3) is 0 Å². The molecule has 148 valence electrons. The Morgan fingerprint density at radius 3 is 2.54 bits per heavy atom. The monoisotopic (exact) mass is 400 g/mol. The molecule has 1 aromatic carbocycles. The van der Waals surface area contributed by atoms with E-state index in [0.29, 0.717) is 11.7 Å². The van der Waals surface area contributed by atoms with Gasteiger partial charge in [-0.3, -0.25) is 9.36 Å². The highest BCUT2D eigenvalue weighted by Gasteiger charge is 2.13. The van der Waals surface area contributed by atoms with Gasteiger partial charge in [0.05, 0.1) is 29.3 Å². The summed E-state index contributed by atoms with van der Waals surface area (Å²) in [5.41, 5.74) is 4.78. The topological polar surface area (TPSA) is 59.7 Å². The Labute approximate surface area is 169 Å². The van der Waals surface area contributed by atoms with Crippen LogP contribution in [-0.2, 0) is 13.1 Å². The van der Waals surface area contributed by atoms with Gasteiger partial charge in [0.2, 0.25) is 0 Å². The smallest absolute Gasteiger partial charge is 0.170 e. The van der Waals surface area contributed by atoms with E-state index < -0.39 is 0 Å². The van der Waals surface area contributed by atoms with Gasteiger partial charge >= 0.3 is 0 Å². The van der Waals surface area contributed by atoms with Crippen LogP contribution in [0.3, 0.4) is 0 Å². The molecular formula is C20H25FN6S. The third-order valence-corrected chi connectivity index (χ3v) is 4.74. The van der Waals surface area contributed by atoms with Crippen molar-refractivity contribution in [1.82, 2.24) is 24.9 Å². The van der Waals surface area contributed by atoms with Crippen molar-refractivity contribution >= 4 is 23.0 Å². The minimum Gasteiger partial charge on any atom is -0.362 e. The van der Waals surface area contributed by atoms with Gasteiger partial charge in [-0.15, -0.1) is 0 Å². The van der Waals surface area contributed by atoms with Crippen molar-refractivity contribution < 1.29 is 4.39 Å². The molecular weight excluding hydrogens is 375 g/mol. The lowest BCUT2D eigenvalue weighted by Gasteiger charge is -2.11. The van der Waals surface area contributed by atoms with Gasteiger partial charge in [0.1, 0.15) is 5.82 Å². The van der Waals surface area contributed by atoms with Gasteiger partial charge in [-0.2, -0.15) is 10.2 Å². The van der Waals surface area contributed by atoms with Gasteiger partial charge in [0.15, 0.2) is 5.11 Å². The number of aryl methyl sites for hydroxylation is 3. The fourth-order valence-corrected chi connectivity index (χ4v) is 3.19. The zero-order chi connectivity index (χ0) is 20.1. The van der Waals surface area contributed by atoms with E-state index in [4.69, 9.17) is 12.2 Å². The molecule has 6 nitrogen and oxygen atoms in total. The van der Waals surface area contributed by atoms with Crippen molar-refractivity contribution in [1.29, 1.82) is 0 Å². The lowest BCUT2D eigenvalue weighted by atomic mass is 10.2. The molecule has 0 amide bonds. The molecule has 0 aliphatic heterocycles. The highest BCUT2D eigenvalue weighted by molar-refractivity contribution is 7.80. The first kappa shape index (κ1) is 20.0. The lowest BCUT2D eigenvalue weighted by molar-refractivity contribution is 0.570. The highest BCUT2D eigenvalue weighted by atomic mass is 32.1. The Morgan fingerprint density at radius 2 is 1.86 bits per heavy atom. The van der Waals surface area contributed by atoms with Crippen LogP contribution in [0.4, 0.5) is 10.1 Å². The number of aromatic nitrogens is 4. The highest BCUT2D eigenvalue weighted by Crippen LogP contribution is 2.20. The van der Waals surface area contributed by atoms with Crippen molar-refractivity contribution in [2.45, 2.75) is 40.3 Å². The minimum atomic E-state index is -0.237. The standard InChI is InChI=1S/C20H25FN6S/c1-14-9-12-26(24-14)11-4-10-22-20(28)23-19-15(2)25-27(16(19)3)13-17-5-7-18(21)8-6-17/h5-9,12H,4,10-11,13H2,1-3H3,(H2,22,23,28). The second-order valence-corrected chi connectivity index (χ2v) is 7.19. The molecule has 2 N–H and O–H groups in total. The van der Waals surface area contributed by atoms with Gasteiger partial charge in [0.25, 0.3) is 0 Å². The van der Waals surface area contributed by atoms with Crippen LogP contribution in [0, 0.1) is 26.6 Å². The summed E-state index contributed by atoms with van der Waals surface area (Å²) in [6, 6.07) is 8.46. The molecule has 8 heteroatoms. The first-order valence-corrected chi connectivity index (χ1v) is 9.66. The first-order chi connectivity index (χ1) is 13.4. The summed E-state index contributed by atoms with van der Waals surface area (Å²) in [6.07, 6.45) is 2.90. The van der Waals surface area contributed by atoms with Crippen molar-refractivity contribution in [2.75, 3.05) is 11.9 Å². The first-order valence-electron chi connectivity index (χ1n) is 9.26. The molecule has 0 saturated carbocycles. The Morgan fingerprint density at radius 1 is 1.11 bits per heavy atom. The third kappa shape index (κ3) is 5.16. The van der Waals surface area contributed by atoms with E-state index in [2.05, 4.69) is 20.8 Å². The molecule has 0 aliphatic carbocycles. The van der Waals surface area contributed by atoms with E-state index in [-0.39, 0.29) is 5.82 Å². The summed E-state index contributed by atoms with van der Waals surface area (Å²) in [7, 11) is 0. The molecule has 0 unspecified atom stereocenters. The van der Waals surface area contributed by atoms with Crippen molar-refractivity contribution in [3.8, 4) is 0 Å². The molecule has 2 heterocycles. The number of thiocarbonyl (C=S) groups is 1. The zero-order valence-electron chi connectivity index (χ0n) is 16.4. The molecule has 3 aromatic rings. The van der Waals surface area contributed by atoms with Crippen molar-refractivity contribution in [2.24, 2.45) is 0 Å². The molecule has 0 spiro atoms. The zero-order valence-corrected chi connectivity index (χ0v) is 17.2. The molecule has 2 aromatic heterocycles. The van der Waals surface area contributed by atoms with E-state index in [1.807, 2.05) is 42.4 Å². The number of halogens is 1. The Balaban J connectivity index is 1.52. The summed E-state index contributed by atoms with van der Waals surface area (Å²) < 4.78 is 16.9. The van der Waals surface area contributed by atoms with Crippen LogP contribution in [0.1, 0.15) is 29.1 Å². The number of rotatable bonds is 7. The number of hydrogen-bond donors (Lipinski definition) is 2. The van der Waals surface area contributed by atoms with E-state index in [1.165, 1.54) is 12.1 Å². The number of nitrogens with zero attached hydrogens (tertiary/aromatic N) is 4. The van der Waals surface area contributed by atoms with Crippen LogP contribution in [0.5, 0.6) is 0 Å². The maximum Gasteiger partial charge on any atom is 0.170 e. The summed E-state index contributed by atoms with van der Waals surface area (Å²) in [6.45, 7) is 8.10. The Kier molecular flexibility index (Phi) is 6.41. The maximum absolute atomic E-state index is 13.1. The van der Waals surface area contributed by atoms with Crippen LogP contribution < -0.4 is 10.6 Å². The number of anilines is 1. The molecule has 0 saturated heterocycles. The summed E-state index contributed by atoms with van der Waals surface area (Å²) in [4.78, 5) is 0. The average molecular weight is 401 g/mol. The van der Waals surface area contributed by atoms with Crippen LogP contribution in [0.15, 0.2) is 36.5 Å². The molecule has 0 aliphatic rings. The number of nitrogens with one attached hydrogen (secondary N) is 2. The fourth-order valence-electron chi connectivity index (χ4n) is 2.98. The van der Waals surface area contributed by atoms with Crippen molar-refractivity contribution in [3.63, 3.8) is 0 Å². The molecule has 0 fully saturated rings. The van der Waals surface area contributed by atoms with E-state index >= 15 is 0 Å². The summed E-state index contributed by atoms with van der Waals surface area (Å²) in [5.74, 6) is -0.237. The maximum atomic E-state index is 13.1. The van der Waals surface area contributed by atoms with Crippen LogP contribution in [-0.4, -0.2) is 31.2 Å². The molecule has 3 rings (SSSR count). The van der Waals surface area contributed by atoms with Crippen LogP contribution in [0.2, 0.25) is 0 Å². The lowest BCUT2D eigenvalue weighted by Crippen LogP contribution is -2.30. The SMILES string of the molecule is Cc1ccn(CCCNC(=S)Nc2c(C)nn(Cc3ccc(F)cc3)c2C)n1. The number of benzene rings is 1. The molecule has 28 heavy (non-hydrogen) atoms. The Hall–Kier alpha value is -2.74. The second-order valence-electron chi connectivity index (χ2n) is 6.78. The quantitative estimate of drug-likeness (QED) is 0.469. The average Bonchev–Trinajstić information content (AvgIpc) is 3.19. The van der Waals surface area contributed by atoms with Gasteiger partial charge in [-0.05, 0) is 63.2 Å². The van der Waals surface area contributed by atoms with Gasteiger partial charge in [-0.1, -0.05) is 12.1 Å². The normalized spacial score (nSPS) is 10.9. The van der Waals surface area contributed by atoms with E-state index in [9.17, 15) is 4.39 Å². The summed E-state index contributed by atoms with van der Waals surface area (Å²) >= 11 is 5.42. The Bertz CT molecular complexity index is 944. The van der Waals surface area contributed by atoms with Gasteiger partial charge in [0, 0.05) is 19.3 Å². The van der Waals surface area contributed by atoms with Crippen LogP contribution >= 0.6 is 12.2 Å². The predicted octanol–water partition coefficient (Wildman–Crippen LogP) is 3.57. The fraction of sp³-hybridized carbons (Fsp3) is 0.350. The van der Waals surface area contributed by atoms with Crippen molar-refractivity contribution in [3.05, 3.63) is 65.0 Å². The van der Waals surface area contributed by atoms with Gasteiger partial charge in [-0.25, -0.2) is 4.39 Å². The van der Waals surface area contributed by atoms with E-state index in [1.54, 1.807) is 12.1 Å². The summed E-state index contributed by atoms with van der Waals surface area (Å²) in [5, 5.41) is 16.0. The van der Waals surface area contributed by atoms with E-state index in [0.717, 1.165) is 47.8 Å². The molecule has 0 bridgehead atoms. The molecule has 0 atom stereocenters. The second kappa shape index (κ2) is 8.97. The third-order valence-electron chi connectivity index (χ3n) is 4.49.